The van der Waals surface area contributed by atoms with Crippen molar-refractivity contribution < 1.29 is 26.9 Å². The van der Waals surface area contributed by atoms with E-state index in [1.165, 1.54) is 24.3 Å². The number of ether oxygens (including phenoxy) is 2. The maximum Gasteiger partial charge on any atom is 0.337 e. The molecule has 0 heterocycles. The number of anilines is 1. The Morgan fingerprint density at radius 1 is 1.12 bits per heavy atom. The van der Waals surface area contributed by atoms with E-state index in [0.29, 0.717) is 17.1 Å². The largest absolute Gasteiger partial charge is 0.493 e. The van der Waals surface area contributed by atoms with Gasteiger partial charge in [0.2, 0.25) is 5.91 Å². The Labute approximate surface area is 142 Å². The highest BCUT2D eigenvalue weighted by Gasteiger charge is 2.10. The van der Waals surface area contributed by atoms with Gasteiger partial charge in [-0.3, -0.25) is 4.79 Å². The maximum atomic E-state index is 12.0. The lowest BCUT2D eigenvalue weighted by atomic mass is 10.1. The van der Waals surface area contributed by atoms with Gasteiger partial charge in [-0.15, -0.1) is 0 Å². The third-order valence-corrected chi connectivity index (χ3v) is 3.12. The average molecular weight is 329 g/mol. The lowest BCUT2D eigenvalue weighted by Gasteiger charge is -2.08. The Balaban J connectivity index is 2.13. The van der Waals surface area contributed by atoms with Crippen LogP contribution in [0.5, 0.6) is 11.5 Å². The van der Waals surface area contributed by atoms with Crippen molar-refractivity contribution in [2.75, 3.05) is 19.5 Å². The number of nitrogens with one attached hydrogen (secondary N) is 1. The molecule has 124 valence electrons. The molecule has 0 radical (unpaired) electrons. The van der Waals surface area contributed by atoms with Gasteiger partial charge in [0, 0.05) is 6.08 Å². The van der Waals surface area contributed by atoms with Crippen molar-refractivity contribution in [2.24, 2.45) is 0 Å². The van der Waals surface area contributed by atoms with Crippen molar-refractivity contribution in [3.63, 3.8) is 0 Å². The van der Waals surface area contributed by atoms with Crippen LogP contribution in [-0.2, 0) is 4.79 Å². The summed E-state index contributed by atoms with van der Waals surface area (Å²) in [5, 5.41) is 11.6. The van der Waals surface area contributed by atoms with Crippen LogP contribution in [0.15, 0.2) is 48.5 Å². The van der Waals surface area contributed by atoms with Gasteiger partial charge < -0.3 is 19.9 Å². The van der Waals surface area contributed by atoms with Crippen LogP contribution in [0, 0.1) is 0 Å². The van der Waals surface area contributed by atoms with E-state index in [1.807, 2.05) is 0 Å². The van der Waals surface area contributed by atoms with Crippen LogP contribution in [0.25, 0.3) is 6.08 Å². The van der Waals surface area contributed by atoms with Gasteiger partial charge in [0.25, 0.3) is 0 Å². The van der Waals surface area contributed by atoms with E-state index in [2.05, 4.69) is 5.32 Å². The van der Waals surface area contributed by atoms with Gasteiger partial charge in [-0.25, -0.2) is 4.79 Å². The van der Waals surface area contributed by atoms with E-state index in [4.69, 9.17) is 17.3 Å². The summed E-state index contributed by atoms with van der Waals surface area (Å²) in [6.45, 7) is 0. The van der Waals surface area contributed by atoms with E-state index in [-0.39, 0.29) is 25.4 Å². The summed E-state index contributed by atoms with van der Waals surface area (Å²) < 4.78 is 24.4. The highest BCUT2D eigenvalue weighted by molar-refractivity contribution is 6.06. The lowest BCUT2D eigenvalue weighted by Crippen LogP contribution is -2.11. The molecule has 2 N–H and O–H groups in total. The fourth-order valence-corrected chi connectivity index (χ4v) is 1.99. The zero-order chi connectivity index (χ0) is 18.9. The van der Waals surface area contributed by atoms with Crippen molar-refractivity contribution >= 4 is 23.6 Å². The first-order valence-corrected chi connectivity index (χ1v) is 6.84. The van der Waals surface area contributed by atoms with Crippen LogP contribution in [0.2, 0.25) is 0 Å². The summed E-state index contributed by atoms with van der Waals surface area (Å²) in [6, 6.07) is 10.9. The van der Waals surface area contributed by atoms with E-state index in [9.17, 15) is 9.59 Å². The SMILES string of the molecule is [2H]COc1ccc(/C=C/C(=O)Nc2ccccc2C(=O)O)cc1OC[2H]. The molecule has 6 heteroatoms. The molecule has 6 nitrogen and oxygen atoms in total. The van der Waals surface area contributed by atoms with Gasteiger partial charge in [-0.2, -0.15) is 0 Å². The normalized spacial score (nSPS) is 11.5. The molecule has 2 aromatic carbocycles. The van der Waals surface area contributed by atoms with E-state index >= 15 is 0 Å². The first-order valence-electron chi connectivity index (χ1n) is 8.26. The molecular weight excluding hydrogens is 310 g/mol. The summed E-state index contributed by atoms with van der Waals surface area (Å²) in [5.41, 5.74) is 0.816. The minimum Gasteiger partial charge on any atom is -0.493 e. The van der Waals surface area contributed by atoms with Gasteiger partial charge in [-0.1, -0.05) is 18.2 Å². The Kier molecular flexibility index (Phi) is 4.67. The second-order valence-electron chi connectivity index (χ2n) is 4.67. The molecule has 2 aromatic rings. The molecule has 0 spiro atoms. The van der Waals surface area contributed by atoms with E-state index in [0.717, 1.165) is 0 Å². The van der Waals surface area contributed by atoms with Crippen LogP contribution < -0.4 is 14.8 Å². The topological polar surface area (TPSA) is 84.9 Å². The number of para-hydroxylation sites is 1. The minimum absolute atomic E-state index is 0.00252. The molecule has 0 saturated heterocycles. The second-order valence-corrected chi connectivity index (χ2v) is 4.67. The summed E-state index contributed by atoms with van der Waals surface area (Å²) in [5.74, 6) is -0.990. The number of hydrogen-bond donors (Lipinski definition) is 2. The molecule has 0 saturated carbocycles. The number of carboxylic acid groups (broad SMARTS) is 1. The Morgan fingerprint density at radius 2 is 1.88 bits per heavy atom. The molecule has 0 aromatic heterocycles. The number of benzene rings is 2. The molecule has 0 bridgehead atoms. The molecule has 2 rings (SSSR count). The minimum atomic E-state index is -1.13. The summed E-state index contributed by atoms with van der Waals surface area (Å²) in [4.78, 5) is 23.2. The highest BCUT2D eigenvalue weighted by atomic mass is 16.5. The van der Waals surface area contributed by atoms with Crippen molar-refractivity contribution in [3.8, 4) is 11.5 Å². The first kappa shape index (κ1) is 14.3. The Hall–Kier alpha value is -3.28. The standard InChI is InChI=1S/C18H17NO5/c1-23-15-9-7-12(11-16(15)24-2)8-10-17(20)19-14-6-4-3-5-13(14)18(21)22/h3-11H,1-2H3,(H,19,20)(H,21,22)/b10-8+/i1D,2D. The molecule has 1 amide bonds. The van der Waals surface area contributed by atoms with Crippen LogP contribution >= 0.6 is 0 Å². The molecule has 0 atom stereocenters. The van der Waals surface area contributed by atoms with Gasteiger partial charge in [-0.05, 0) is 35.9 Å². The second kappa shape index (κ2) is 7.82. The predicted octanol–water partition coefficient (Wildman–Crippen LogP) is 3.05. The van der Waals surface area contributed by atoms with Gasteiger partial charge in [0.1, 0.15) is 0 Å². The summed E-state index contributed by atoms with van der Waals surface area (Å²) in [7, 11) is -0.594. The van der Waals surface area contributed by atoms with Crippen molar-refractivity contribution in [1.29, 1.82) is 0 Å². The summed E-state index contributed by atoms with van der Waals surface area (Å²) >= 11 is 0. The number of amides is 1. The smallest absolute Gasteiger partial charge is 0.337 e. The lowest BCUT2D eigenvalue weighted by molar-refractivity contribution is -0.111. The third-order valence-electron chi connectivity index (χ3n) is 3.12. The molecule has 0 fully saturated rings. The first-order chi connectivity index (χ1) is 12.5. The van der Waals surface area contributed by atoms with E-state index in [1.54, 1.807) is 30.3 Å². The molecule has 0 aliphatic rings. The number of carbonyl (C=O) groups excluding carboxylic acids is 1. The number of carboxylic acids is 1. The third kappa shape index (κ3) is 4.13. The van der Waals surface area contributed by atoms with Gasteiger partial charge in [0.15, 0.2) is 11.5 Å². The zero-order valence-corrected chi connectivity index (χ0v) is 12.7. The molecule has 0 aliphatic carbocycles. The number of aromatic carboxylic acids is 1. The van der Waals surface area contributed by atoms with Gasteiger partial charge >= 0.3 is 5.97 Å². The quantitative estimate of drug-likeness (QED) is 0.796. The number of carbonyl (C=O) groups is 2. The number of methoxy groups -OCH3 is 2. The molecule has 24 heavy (non-hydrogen) atoms. The highest BCUT2D eigenvalue weighted by Crippen LogP contribution is 2.28. The van der Waals surface area contributed by atoms with Crippen LogP contribution in [0.1, 0.15) is 18.7 Å². The monoisotopic (exact) mass is 329 g/mol. The molecule has 0 aliphatic heterocycles. The Morgan fingerprint density at radius 3 is 2.62 bits per heavy atom. The number of hydrogen-bond acceptors (Lipinski definition) is 4. The fourth-order valence-electron chi connectivity index (χ4n) is 1.99. The van der Waals surface area contributed by atoms with Crippen molar-refractivity contribution in [2.45, 2.75) is 0 Å². The fraction of sp³-hybridized carbons (Fsp3) is 0.111. The molecular formula is C18H17NO5. The van der Waals surface area contributed by atoms with Crippen LogP contribution in [-0.4, -0.2) is 31.2 Å². The molecule has 0 unspecified atom stereocenters. The zero-order valence-electron chi connectivity index (χ0n) is 14.7. The number of rotatable bonds is 6. The average Bonchev–Trinajstić information content (AvgIpc) is 2.62. The van der Waals surface area contributed by atoms with Crippen molar-refractivity contribution in [3.05, 3.63) is 59.7 Å². The van der Waals surface area contributed by atoms with Gasteiger partial charge in [0.05, 0.1) is 28.2 Å². The van der Waals surface area contributed by atoms with Crippen molar-refractivity contribution in [1.82, 2.24) is 0 Å². The van der Waals surface area contributed by atoms with Crippen LogP contribution in [0.3, 0.4) is 0 Å². The van der Waals surface area contributed by atoms with E-state index < -0.39 is 11.9 Å². The maximum absolute atomic E-state index is 12.0. The summed E-state index contributed by atoms with van der Waals surface area (Å²) in [6.07, 6.45) is 2.77. The Bertz CT molecular complexity index is 823. The van der Waals surface area contributed by atoms with Crippen LogP contribution in [0.4, 0.5) is 5.69 Å². The predicted molar refractivity (Wildman–Crippen MR) is 90.6 cm³/mol.